The number of anilines is 1. The Balaban J connectivity index is 1.74. The quantitative estimate of drug-likeness (QED) is 0.596. The number of halogens is 1. The second kappa shape index (κ2) is 6.74. The first-order valence-electron chi connectivity index (χ1n) is 8.68. The van der Waals surface area contributed by atoms with E-state index in [-0.39, 0.29) is 29.4 Å². The fourth-order valence-corrected chi connectivity index (χ4v) is 4.33. The molecule has 0 fully saturated rings. The monoisotopic (exact) mass is 383 g/mol. The van der Waals surface area contributed by atoms with Crippen molar-refractivity contribution in [2.24, 2.45) is 5.92 Å². The van der Waals surface area contributed by atoms with Crippen LogP contribution in [0, 0.1) is 5.92 Å². The van der Waals surface area contributed by atoms with Gasteiger partial charge in [0.25, 0.3) is 0 Å². The van der Waals surface area contributed by atoms with E-state index in [0.29, 0.717) is 10.6 Å². The van der Waals surface area contributed by atoms with Crippen molar-refractivity contribution in [1.82, 2.24) is 0 Å². The van der Waals surface area contributed by atoms with E-state index >= 15 is 0 Å². The summed E-state index contributed by atoms with van der Waals surface area (Å²) in [7, 11) is 1.36. The summed E-state index contributed by atoms with van der Waals surface area (Å²) >= 11 is 6.41. The molecular formula is C21H18ClNO4. The minimum Gasteiger partial charge on any atom is -0.478 e. The lowest BCUT2D eigenvalue weighted by molar-refractivity contribution is 0.0599. The summed E-state index contributed by atoms with van der Waals surface area (Å²) in [6, 6.07) is 10.5. The second-order valence-corrected chi connectivity index (χ2v) is 7.22. The number of ether oxygens (including phenoxy) is 1. The van der Waals surface area contributed by atoms with Gasteiger partial charge >= 0.3 is 11.9 Å². The predicted octanol–water partition coefficient (Wildman–Crippen LogP) is 4.65. The van der Waals surface area contributed by atoms with Crippen molar-refractivity contribution in [3.8, 4) is 0 Å². The molecule has 0 saturated heterocycles. The van der Waals surface area contributed by atoms with Gasteiger partial charge in [0.15, 0.2) is 0 Å². The Bertz CT molecular complexity index is 951. The smallest absolute Gasteiger partial charge is 0.337 e. The molecule has 1 aliphatic carbocycles. The highest BCUT2D eigenvalue weighted by Gasteiger charge is 2.39. The van der Waals surface area contributed by atoms with Gasteiger partial charge in [-0.2, -0.15) is 0 Å². The van der Waals surface area contributed by atoms with E-state index in [1.54, 1.807) is 18.2 Å². The lowest BCUT2D eigenvalue weighted by Crippen LogP contribution is -2.29. The van der Waals surface area contributed by atoms with Crippen molar-refractivity contribution in [3.05, 3.63) is 75.8 Å². The second-order valence-electron chi connectivity index (χ2n) is 6.82. The van der Waals surface area contributed by atoms with Crippen LogP contribution in [0.4, 0.5) is 5.69 Å². The lowest BCUT2D eigenvalue weighted by atomic mass is 9.76. The maximum atomic E-state index is 11.7. The highest BCUT2D eigenvalue weighted by Crippen LogP contribution is 2.51. The van der Waals surface area contributed by atoms with E-state index in [0.717, 1.165) is 23.2 Å². The van der Waals surface area contributed by atoms with Crippen molar-refractivity contribution in [2.75, 3.05) is 12.4 Å². The van der Waals surface area contributed by atoms with Crippen LogP contribution in [0.25, 0.3) is 0 Å². The van der Waals surface area contributed by atoms with Gasteiger partial charge in [-0.15, -0.1) is 0 Å². The Morgan fingerprint density at radius 3 is 2.59 bits per heavy atom. The van der Waals surface area contributed by atoms with Gasteiger partial charge in [0.05, 0.1) is 35.0 Å². The summed E-state index contributed by atoms with van der Waals surface area (Å²) in [6.45, 7) is 0. The van der Waals surface area contributed by atoms with Crippen molar-refractivity contribution < 1.29 is 19.4 Å². The molecule has 2 aromatic rings. The van der Waals surface area contributed by atoms with Gasteiger partial charge in [0, 0.05) is 5.92 Å². The summed E-state index contributed by atoms with van der Waals surface area (Å²) in [6.07, 6.45) is 5.14. The molecule has 1 aliphatic heterocycles. The summed E-state index contributed by atoms with van der Waals surface area (Å²) in [5, 5.41) is 13.2. The number of fused-ring (bicyclic) bond motifs is 3. The molecule has 2 aromatic carbocycles. The first-order chi connectivity index (χ1) is 13.0. The Hall–Kier alpha value is -2.79. The predicted molar refractivity (Wildman–Crippen MR) is 103 cm³/mol. The third kappa shape index (κ3) is 2.98. The summed E-state index contributed by atoms with van der Waals surface area (Å²) in [5.41, 5.74) is 3.44. The molecule has 2 aliphatic rings. The summed E-state index contributed by atoms with van der Waals surface area (Å²) in [4.78, 5) is 23.1. The van der Waals surface area contributed by atoms with Gasteiger partial charge in [0.1, 0.15) is 0 Å². The number of carbonyl (C=O) groups excluding carboxylic acids is 1. The fourth-order valence-electron chi connectivity index (χ4n) is 4.05. The number of rotatable bonds is 3. The molecule has 3 atom stereocenters. The number of nitrogens with one attached hydrogen (secondary N) is 1. The van der Waals surface area contributed by atoms with Crippen LogP contribution in [0.2, 0.25) is 5.02 Å². The first kappa shape index (κ1) is 17.6. The van der Waals surface area contributed by atoms with Crippen LogP contribution in [0.15, 0.2) is 48.6 Å². The zero-order valence-corrected chi connectivity index (χ0v) is 15.4. The molecular weight excluding hydrogens is 366 g/mol. The fraction of sp³-hybridized carbons (Fsp3) is 0.238. The summed E-state index contributed by atoms with van der Waals surface area (Å²) < 4.78 is 4.75. The van der Waals surface area contributed by atoms with E-state index in [9.17, 15) is 14.7 Å². The van der Waals surface area contributed by atoms with E-state index < -0.39 is 5.97 Å². The molecule has 27 heavy (non-hydrogen) atoms. The molecule has 1 heterocycles. The van der Waals surface area contributed by atoms with E-state index in [1.165, 1.54) is 13.2 Å². The van der Waals surface area contributed by atoms with Crippen molar-refractivity contribution >= 4 is 29.2 Å². The van der Waals surface area contributed by atoms with Gasteiger partial charge in [-0.1, -0.05) is 35.9 Å². The van der Waals surface area contributed by atoms with Gasteiger partial charge in [-0.05, 0) is 47.7 Å². The maximum Gasteiger partial charge on any atom is 0.337 e. The normalized spacial score (nSPS) is 22.5. The molecule has 0 radical (unpaired) electrons. The van der Waals surface area contributed by atoms with E-state index in [2.05, 4.69) is 17.5 Å². The molecule has 0 amide bonds. The molecule has 6 heteroatoms. The Morgan fingerprint density at radius 2 is 1.93 bits per heavy atom. The standard InChI is InChI=1S/C21H18ClNO4/c1-27-21(26)12-7-5-11(6-8-12)18-15-4-2-3-14(15)16-9-13(20(24)25)10-17(22)19(16)23-18/h2-3,5-10,14-15,18,23H,4H2,1H3,(H,24,25)/t14-,15-,18+/m1/s1. The molecule has 0 bridgehead atoms. The number of carbonyl (C=O) groups is 2. The molecule has 138 valence electrons. The molecule has 4 rings (SSSR count). The number of esters is 1. The number of hydrogen-bond donors (Lipinski definition) is 2. The highest BCUT2D eigenvalue weighted by atomic mass is 35.5. The van der Waals surface area contributed by atoms with Crippen LogP contribution in [-0.2, 0) is 4.74 Å². The highest BCUT2D eigenvalue weighted by molar-refractivity contribution is 6.33. The first-order valence-corrected chi connectivity index (χ1v) is 9.05. The van der Waals surface area contributed by atoms with Gasteiger partial charge < -0.3 is 15.2 Å². The minimum absolute atomic E-state index is 0.0115. The van der Waals surface area contributed by atoms with Crippen LogP contribution >= 0.6 is 11.6 Å². The molecule has 0 saturated carbocycles. The largest absolute Gasteiger partial charge is 0.478 e. The van der Waals surface area contributed by atoms with Gasteiger partial charge in [-0.3, -0.25) is 0 Å². The van der Waals surface area contributed by atoms with Crippen LogP contribution in [0.5, 0.6) is 0 Å². The van der Waals surface area contributed by atoms with Gasteiger partial charge in [-0.25, -0.2) is 9.59 Å². The number of carboxylic acid groups (broad SMARTS) is 1. The summed E-state index contributed by atoms with van der Waals surface area (Å²) in [5.74, 6) is -1.00. The number of allylic oxidation sites excluding steroid dienone is 2. The number of aromatic carboxylic acids is 1. The zero-order chi connectivity index (χ0) is 19.1. The van der Waals surface area contributed by atoms with Crippen LogP contribution in [0.3, 0.4) is 0 Å². The van der Waals surface area contributed by atoms with Crippen LogP contribution in [0.1, 0.15) is 50.2 Å². The van der Waals surface area contributed by atoms with E-state index in [1.807, 2.05) is 12.1 Å². The molecule has 0 spiro atoms. The van der Waals surface area contributed by atoms with Gasteiger partial charge in [0.2, 0.25) is 0 Å². The Morgan fingerprint density at radius 1 is 1.19 bits per heavy atom. The van der Waals surface area contributed by atoms with Crippen LogP contribution in [-0.4, -0.2) is 24.2 Å². The van der Waals surface area contributed by atoms with Crippen LogP contribution < -0.4 is 5.32 Å². The number of benzene rings is 2. The van der Waals surface area contributed by atoms with E-state index in [4.69, 9.17) is 16.3 Å². The number of hydrogen-bond acceptors (Lipinski definition) is 4. The lowest BCUT2D eigenvalue weighted by Gasteiger charge is -2.38. The number of methoxy groups -OCH3 is 1. The maximum absolute atomic E-state index is 11.7. The Labute approximate surface area is 161 Å². The SMILES string of the molecule is COC(=O)c1ccc([C@@H]2Nc3c(Cl)cc(C(=O)O)cc3[C@@H]3C=CC[C@H]32)cc1. The average molecular weight is 384 g/mol. The average Bonchev–Trinajstić information content (AvgIpc) is 3.17. The minimum atomic E-state index is -0.987. The molecule has 0 aromatic heterocycles. The number of carboxylic acids is 1. The van der Waals surface area contributed by atoms with Crippen molar-refractivity contribution in [2.45, 2.75) is 18.4 Å². The zero-order valence-electron chi connectivity index (χ0n) is 14.6. The molecule has 2 N–H and O–H groups in total. The Kier molecular flexibility index (Phi) is 4.40. The van der Waals surface area contributed by atoms with Crippen molar-refractivity contribution in [1.29, 1.82) is 0 Å². The molecule has 5 nitrogen and oxygen atoms in total. The topological polar surface area (TPSA) is 75.6 Å². The molecule has 0 unspecified atom stereocenters. The third-order valence-electron chi connectivity index (χ3n) is 5.36. The van der Waals surface area contributed by atoms with Crippen molar-refractivity contribution in [3.63, 3.8) is 0 Å². The third-order valence-corrected chi connectivity index (χ3v) is 5.66.